The molecule has 0 saturated heterocycles. The molecule has 3 nitrogen and oxygen atoms in total. The molecule has 0 bridgehead atoms. The third-order valence-electron chi connectivity index (χ3n) is 3.20. The number of hydrogen-bond acceptors (Lipinski definition) is 3. The van der Waals surface area contributed by atoms with Crippen molar-refractivity contribution < 1.29 is 19.0 Å². The second-order valence-electron chi connectivity index (χ2n) is 4.58. The second kappa shape index (κ2) is 7.09. The van der Waals surface area contributed by atoms with E-state index in [0.29, 0.717) is 27.1 Å². The maximum atomic E-state index is 13.1. The highest BCUT2D eigenvalue weighted by molar-refractivity contribution is 14.1. The Labute approximate surface area is 136 Å². The van der Waals surface area contributed by atoms with Crippen LogP contribution >= 0.6 is 22.6 Å². The normalized spacial score (nSPS) is 12.0. The molecule has 21 heavy (non-hydrogen) atoms. The minimum absolute atomic E-state index is 0.304. The Balaban J connectivity index is 2.21. The van der Waals surface area contributed by atoms with Gasteiger partial charge in [-0.05, 0) is 58.0 Å². The van der Waals surface area contributed by atoms with Gasteiger partial charge in [0.25, 0.3) is 0 Å². The van der Waals surface area contributed by atoms with E-state index < -0.39 is 6.10 Å². The standard InChI is InChI=1S/C16H16FIO3/c1-20-15-6-3-10(8-16(15)21-2)7-14(19)12-5-4-11(17)9-13(12)18/h3-6,8-9,14,19H,7H2,1-2H3. The fourth-order valence-electron chi connectivity index (χ4n) is 2.11. The highest BCUT2D eigenvalue weighted by atomic mass is 127. The van der Waals surface area contributed by atoms with Crippen LogP contribution in [0.2, 0.25) is 0 Å². The molecule has 0 fully saturated rings. The zero-order chi connectivity index (χ0) is 15.4. The van der Waals surface area contributed by atoms with Gasteiger partial charge in [0.2, 0.25) is 0 Å². The van der Waals surface area contributed by atoms with Crippen LogP contribution in [0, 0.1) is 9.39 Å². The van der Waals surface area contributed by atoms with Gasteiger partial charge in [0, 0.05) is 9.99 Å². The largest absolute Gasteiger partial charge is 0.493 e. The van der Waals surface area contributed by atoms with Crippen LogP contribution in [-0.2, 0) is 6.42 Å². The smallest absolute Gasteiger partial charge is 0.160 e. The van der Waals surface area contributed by atoms with Gasteiger partial charge < -0.3 is 14.6 Å². The molecule has 0 saturated carbocycles. The summed E-state index contributed by atoms with van der Waals surface area (Å²) < 4.78 is 24.2. The molecule has 2 rings (SSSR count). The summed E-state index contributed by atoms with van der Waals surface area (Å²) in [5.41, 5.74) is 1.63. The maximum absolute atomic E-state index is 13.1. The third-order valence-corrected chi connectivity index (χ3v) is 4.13. The van der Waals surface area contributed by atoms with Crippen LogP contribution < -0.4 is 9.47 Å². The first kappa shape index (κ1) is 16.0. The minimum Gasteiger partial charge on any atom is -0.493 e. The number of rotatable bonds is 5. The van der Waals surface area contributed by atoms with Gasteiger partial charge in [0.15, 0.2) is 11.5 Å². The summed E-state index contributed by atoms with van der Waals surface area (Å²) >= 11 is 2.02. The molecule has 1 unspecified atom stereocenters. The van der Waals surface area contributed by atoms with Crippen molar-refractivity contribution in [2.45, 2.75) is 12.5 Å². The minimum atomic E-state index is -0.699. The molecule has 112 valence electrons. The highest BCUT2D eigenvalue weighted by Gasteiger charge is 2.14. The van der Waals surface area contributed by atoms with Crippen LogP contribution in [0.15, 0.2) is 36.4 Å². The van der Waals surface area contributed by atoms with Crippen molar-refractivity contribution in [3.05, 3.63) is 56.9 Å². The lowest BCUT2D eigenvalue weighted by Crippen LogP contribution is -2.04. The molecule has 1 atom stereocenters. The molecule has 1 N–H and O–H groups in total. The van der Waals surface area contributed by atoms with Crippen molar-refractivity contribution in [2.24, 2.45) is 0 Å². The second-order valence-corrected chi connectivity index (χ2v) is 5.74. The molecule has 0 aromatic heterocycles. The molecule has 0 aliphatic heterocycles. The van der Waals surface area contributed by atoms with Gasteiger partial charge in [-0.15, -0.1) is 0 Å². The van der Waals surface area contributed by atoms with Crippen molar-refractivity contribution >= 4 is 22.6 Å². The number of hydrogen-bond donors (Lipinski definition) is 1. The SMILES string of the molecule is COc1ccc(CC(O)c2ccc(F)cc2I)cc1OC. The number of methoxy groups -OCH3 is 2. The summed E-state index contributed by atoms with van der Waals surface area (Å²) in [7, 11) is 3.15. The average Bonchev–Trinajstić information content (AvgIpc) is 2.46. The molecule has 2 aromatic rings. The van der Waals surface area contributed by atoms with E-state index in [1.54, 1.807) is 26.4 Å². The lowest BCUT2D eigenvalue weighted by Gasteiger charge is -2.15. The molecular formula is C16H16FIO3. The maximum Gasteiger partial charge on any atom is 0.160 e. The summed E-state index contributed by atoms with van der Waals surface area (Å²) in [5.74, 6) is 0.963. The van der Waals surface area contributed by atoms with Gasteiger partial charge in [-0.25, -0.2) is 4.39 Å². The number of ether oxygens (including phenoxy) is 2. The van der Waals surface area contributed by atoms with E-state index in [9.17, 15) is 9.50 Å². The van der Waals surface area contributed by atoms with Crippen LogP contribution in [0.25, 0.3) is 0 Å². The average molecular weight is 402 g/mol. The number of aliphatic hydroxyl groups excluding tert-OH is 1. The fraction of sp³-hybridized carbons (Fsp3) is 0.250. The van der Waals surface area contributed by atoms with Crippen molar-refractivity contribution in [1.82, 2.24) is 0 Å². The first-order chi connectivity index (χ1) is 10.0. The van der Waals surface area contributed by atoms with Crippen molar-refractivity contribution in [3.63, 3.8) is 0 Å². The van der Waals surface area contributed by atoms with E-state index in [1.165, 1.54) is 12.1 Å². The van der Waals surface area contributed by atoms with Crippen molar-refractivity contribution in [2.75, 3.05) is 14.2 Å². The molecule has 0 amide bonds. The Bertz CT molecular complexity index is 631. The number of aliphatic hydroxyl groups is 1. The summed E-state index contributed by atoms with van der Waals surface area (Å²) in [6.45, 7) is 0. The van der Waals surface area contributed by atoms with E-state index in [4.69, 9.17) is 9.47 Å². The van der Waals surface area contributed by atoms with E-state index in [-0.39, 0.29) is 5.82 Å². The van der Waals surface area contributed by atoms with Gasteiger partial charge >= 0.3 is 0 Å². The third kappa shape index (κ3) is 3.85. The molecule has 0 radical (unpaired) electrons. The van der Waals surface area contributed by atoms with Crippen LogP contribution in [-0.4, -0.2) is 19.3 Å². The van der Waals surface area contributed by atoms with Crippen molar-refractivity contribution in [1.29, 1.82) is 0 Å². The molecular weight excluding hydrogens is 386 g/mol. The van der Waals surface area contributed by atoms with Gasteiger partial charge in [-0.3, -0.25) is 0 Å². The van der Waals surface area contributed by atoms with Gasteiger partial charge in [0.05, 0.1) is 20.3 Å². The lowest BCUT2D eigenvalue weighted by molar-refractivity contribution is 0.177. The highest BCUT2D eigenvalue weighted by Crippen LogP contribution is 2.30. The molecule has 5 heteroatoms. The fourth-order valence-corrected chi connectivity index (χ4v) is 2.95. The first-order valence-electron chi connectivity index (χ1n) is 6.39. The van der Waals surface area contributed by atoms with Crippen LogP contribution in [0.3, 0.4) is 0 Å². The van der Waals surface area contributed by atoms with Crippen LogP contribution in [0.4, 0.5) is 4.39 Å². The summed E-state index contributed by atoms with van der Waals surface area (Å²) in [4.78, 5) is 0. The first-order valence-corrected chi connectivity index (χ1v) is 7.47. The zero-order valence-electron chi connectivity index (χ0n) is 11.8. The number of halogens is 2. The lowest BCUT2D eigenvalue weighted by atomic mass is 10.0. The Kier molecular flexibility index (Phi) is 5.41. The Morgan fingerprint density at radius 3 is 2.43 bits per heavy atom. The van der Waals surface area contributed by atoms with E-state index in [1.807, 2.05) is 34.7 Å². The van der Waals surface area contributed by atoms with Gasteiger partial charge in [0.1, 0.15) is 5.82 Å². The molecule has 0 aliphatic rings. The van der Waals surface area contributed by atoms with E-state index >= 15 is 0 Å². The Hall–Kier alpha value is -1.34. The van der Waals surface area contributed by atoms with Crippen LogP contribution in [0.5, 0.6) is 11.5 Å². The van der Waals surface area contributed by atoms with E-state index in [2.05, 4.69) is 0 Å². The summed E-state index contributed by atoms with van der Waals surface area (Å²) in [6, 6.07) is 9.89. The number of benzene rings is 2. The quantitative estimate of drug-likeness (QED) is 0.775. The molecule has 0 aliphatic carbocycles. The predicted octanol–water partition coefficient (Wildman–Crippen LogP) is 3.72. The Morgan fingerprint density at radius 1 is 1.10 bits per heavy atom. The summed E-state index contributed by atoms with van der Waals surface area (Å²) in [5, 5.41) is 10.3. The zero-order valence-corrected chi connectivity index (χ0v) is 13.9. The summed E-state index contributed by atoms with van der Waals surface area (Å²) in [6.07, 6.45) is -0.280. The molecule has 0 heterocycles. The van der Waals surface area contributed by atoms with Crippen molar-refractivity contribution in [3.8, 4) is 11.5 Å². The predicted molar refractivity (Wildman–Crippen MR) is 87.3 cm³/mol. The van der Waals surface area contributed by atoms with E-state index in [0.717, 1.165) is 5.56 Å². The topological polar surface area (TPSA) is 38.7 Å². The van der Waals surface area contributed by atoms with Gasteiger partial charge in [-0.2, -0.15) is 0 Å². The monoisotopic (exact) mass is 402 g/mol. The van der Waals surface area contributed by atoms with Crippen LogP contribution in [0.1, 0.15) is 17.2 Å². The van der Waals surface area contributed by atoms with Gasteiger partial charge in [-0.1, -0.05) is 12.1 Å². The molecule has 0 spiro atoms. The Morgan fingerprint density at radius 2 is 1.81 bits per heavy atom. The molecule has 2 aromatic carbocycles.